The number of fused-ring (bicyclic) bond motifs is 2. The highest BCUT2D eigenvalue weighted by Crippen LogP contribution is 2.30. The molecule has 0 aliphatic carbocycles. The van der Waals surface area contributed by atoms with Crippen LogP contribution in [0, 0.1) is 0 Å². The molecule has 5 rings (SSSR count). The first-order valence-electron chi connectivity index (χ1n) is 9.00. The fourth-order valence-corrected chi connectivity index (χ4v) is 3.16. The number of halogens is 1. The molecule has 0 saturated heterocycles. The van der Waals surface area contributed by atoms with Crippen molar-refractivity contribution >= 4 is 40.5 Å². The first-order chi connectivity index (χ1) is 15.1. The number of carbonyl (C=O) groups is 2. The van der Waals surface area contributed by atoms with Crippen LogP contribution in [-0.4, -0.2) is 41.1 Å². The number of anilines is 1. The number of nitrogens with zero attached hydrogens (tertiary/aromatic N) is 6. The van der Waals surface area contributed by atoms with Crippen LogP contribution in [0.2, 0.25) is 5.02 Å². The molecule has 0 aliphatic rings. The summed E-state index contributed by atoms with van der Waals surface area (Å²) in [7, 11) is 0. The van der Waals surface area contributed by atoms with E-state index in [0.717, 1.165) is 0 Å². The second kappa shape index (κ2) is 7.50. The molecule has 1 N–H and O–H groups in total. The molecule has 152 valence electrons. The predicted octanol–water partition coefficient (Wildman–Crippen LogP) is 2.90. The fraction of sp³-hybridized carbons (Fsp3) is 0. The average Bonchev–Trinajstić information content (AvgIpc) is 3.40. The Morgan fingerprint density at radius 1 is 0.935 bits per heavy atom. The summed E-state index contributed by atoms with van der Waals surface area (Å²) >= 11 is 6.09. The number of ether oxygens (including phenoxy) is 1. The third kappa shape index (κ3) is 3.45. The van der Waals surface area contributed by atoms with E-state index in [1.807, 2.05) is 0 Å². The Labute approximate surface area is 179 Å². The zero-order valence-electron chi connectivity index (χ0n) is 15.6. The molecular formula is C20H12ClN7O3. The lowest BCUT2D eigenvalue weighted by atomic mass is 10.2. The maximum Gasteiger partial charge on any atom is 0.349 e. The van der Waals surface area contributed by atoms with Gasteiger partial charge in [-0.25, -0.2) is 23.8 Å². The summed E-state index contributed by atoms with van der Waals surface area (Å²) < 4.78 is 8.45. The topological polar surface area (TPSA) is 116 Å². The third-order valence-corrected chi connectivity index (χ3v) is 4.65. The summed E-state index contributed by atoms with van der Waals surface area (Å²) in [5.41, 5.74) is 1.39. The van der Waals surface area contributed by atoms with E-state index < -0.39 is 11.9 Å². The van der Waals surface area contributed by atoms with Crippen molar-refractivity contribution in [3.05, 3.63) is 83.7 Å². The molecule has 5 aromatic rings. The van der Waals surface area contributed by atoms with Crippen molar-refractivity contribution in [2.45, 2.75) is 0 Å². The maximum absolute atomic E-state index is 12.8. The van der Waals surface area contributed by atoms with Gasteiger partial charge in [0.15, 0.2) is 17.0 Å². The van der Waals surface area contributed by atoms with Gasteiger partial charge in [0.2, 0.25) is 0 Å². The second-order valence-corrected chi connectivity index (χ2v) is 6.81. The molecule has 0 spiro atoms. The van der Waals surface area contributed by atoms with Crippen molar-refractivity contribution in [2.75, 3.05) is 5.32 Å². The third-order valence-electron chi connectivity index (χ3n) is 4.42. The molecule has 0 aliphatic heterocycles. The number of esters is 1. The summed E-state index contributed by atoms with van der Waals surface area (Å²) in [5, 5.41) is 11.2. The first-order valence-corrected chi connectivity index (χ1v) is 9.38. The molecule has 11 heteroatoms. The monoisotopic (exact) mass is 433 g/mol. The van der Waals surface area contributed by atoms with Crippen LogP contribution >= 0.6 is 11.6 Å². The van der Waals surface area contributed by atoms with Crippen molar-refractivity contribution in [1.29, 1.82) is 0 Å². The van der Waals surface area contributed by atoms with Crippen molar-refractivity contribution in [3.8, 4) is 5.75 Å². The molecular weight excluding hydrogens is 422 g/mol. The van der Waals surface area contributed by atoms with E-state index in [1.165, 1.54) is 33.6 Å². The van der Waals surface area contributed by atoms with Gasteiger partial charge in [-0.3, -0.25) is 4.79 Å². The van der Waals surface area contributed by atoms with Gasteiger partial charge in [0.25, 0.3) is 5.91 Å². The van der Waals surface area contributed by atoms with E-state index in [4.69, 9.17) is 16.3 Å². The Bertz CT molecular complexity index is 1460. The maximum atomic E-state index is 12.8. The van der Waals surface area contributed by atoms with Gasteiger partial charge in [0.05, 0.1) is 18.1 Å². The van der Waals surface area contributed by atoms with Gasteiger partial charge in [-0.05, 0) is 30.3 Å². The average molecular weight is 434 g/mol. The number of hydrogen-bond acceptors (Lipinski definition) is 7. The lowest BCUT2D eigenvalue weighted by Gasteiger charge is -2.11. The highest BCUT2D eigenvalue weighted by atomic mass is 35.5. The molecule has 0 unspecified atom stereocenters. The van der Waals surface area contributed by atoms with Crippen molar-refractivity contribution in [2.24, 2.45) is 0 Å². The molecule has 1 amide bonds. The molecule has 31 heavy (non-hydrogen) atoms. The highest BCUT2D eigenvalue weighted by Gasteiger charge is 2.20. The van der Waals surface area contributed by atoms with Crippen LogP contribution < -0.4 is 10.1 Å². The summed E-state index contributed by atoms with van der Waals surface area (Å²) in [6.45, 7) is 0. The Hall–Kier alpha value is -4.31. The Kier molecular flexibility index (Phi) is 4.53. The van der Waals surface area contributed by atoms with E-state index in [2.05, 4.69) is 25.5 Å². The van der Waals surface area contributed by atoms with Gasteiger partial charge in [-0.2, -0.15) is 10.2 Å². The predicted molar refractivity (Wildman–Crippen MR) is 110 cm³/mol. The number of benzene rings is 1. The Morgan fingerprint density at radius 2 is 1.58 bits per heavy atom. The van der Waals surface area contributed by atoms with Gasteiger partial charge >= 0.3 is 5.97 Å². The van der Waals surface area contributed by atoms with Crippen LogP contribution in [0.3, 0.4) is 0 Å². The molecule has 0 radical (unpaired) electrons. The summed E-state index contributed by atoms with van der Waals surface area (Å²) in [6, 6.07) is 7.91. The minimum absolute atomic E-state index is 0.113. The van der Waals surface area contributed by atoms with Crippen LogP contribution in [0.1, 0.15) is 20.7 Å². The SMILES string of the molecule is O=C(Nc1cc(Cl)ccc1OC(=O)c1cnn2cccnc12)c1cnn2cccnc12. The zero-order valence-corrected chi connectivity index (χ0v) is 16.4. The molecule has 4 heterocycles. The number of amides is 1. The van der Waals surface area contributed by atoms with Gasteiger partial charge in [-0.15, -0.1) is 0 Å². The van der Waals surface area contributed by atoms with Crippen LogP contribution in [0.5, 0.6) is 5.75 Å². The van der Waals surface area contributed by atoms with Gasteiger partial charge in [0.1, 0.15) is 11.1 Å². The standard InChI is InChI=1S/C20H12ClN7O3/c21-12-3-4-16(31-20(30)14-11-25-28-8-2-6-23-18(14)28)15(9-12)26-19(29)13-10-24-27-7-1-5-22-17(13)27/h1-11H,(H,26,29). The molecule has 0 fully saturated rings. The fourth-order valence-electron chi connectivity index (χ4n) is 2.99. The Balaban J connectivity index is 1.44. The zero-order chi connectivity index (χ0) is 21.4. The smallest absolute Gasteiger partial charge is 0.349 e. The molecule has 0 bridgehead atoms. The number of rotatable bonds is 4. The first kappa shape index (κ1) is 18.7. The number of nitrogens with one attached hydrogen (secondary N) is 1. The van der Waals surface area contributed by atoms with E-state index >= 15 is 0 Å². The van der Waals surface area contributed by atoms with Gasteiger partial charge in [0, 0.05) is 29.8 Å². The van der Waals surface area contributed by atoms with Crippen LogP contribution in [0.25, 0.3) is 11.3 Å². The van der Waals surface area contributed by atoms with Crippen molar-refractivity contribution in [1.82, 2.24) is 29.2 Å². The van der Waals surface area contributed by atoms with E-state index in [0.29, 0.717) is 16.3 Å². The lowest BCUT2D eigenvalue weighted by molar-refractivity contribution is 0.0736. The normalized spacial score (nSPS) is 11.0. The number of hydrogen-bond donors (Lipinski definition) is 1. The number of carbonyl (C=O) groups excluding carboxylic acids is 2. The second-order valence-electron chi connectivity index (χ2n) is 6.38. The van der Waals surface area contributed by atoms with E-state index in [-0.39, 0.29) is 22.6 Å². The summed E-state index contributed by atoms with van der Waals surface area (Å²) in [4.78, 5) is 33.9. The highest BCUT2D eigenvalue weighted by molar-refractivity contribution is 6.31. The van der Waals surface area contributed by atoms with Crippen molar-refractivity contribution < 1.29 is 14.3 Å². The van der Waals surface area contributed by atoms with Crippen LogP contribution in [0.4, 0.5) is 5.69 Å². The molecule has 1 aromatic carbocycles. The largest absolute Gasteiger partial charge is 0.421 e. The quantitative estimate of drug-likeness (QED) is 0.342. The lowest BCUT2D eigenvalue weighted by Crippen LogP contribution is -2.15. The molecule has 0 atom stereocenters. The summed E-state index contributed by atoms with van der Waals surface area (Å²) in [5.74, 6) is -1.04. The molecule has 4 aromatic heterocycles. The number of aromatic nitrogens is 6. The molecule has 0 saturated carbocycles. The van der Waals surface area contributed by atoms with E-state index in [9.17, 15) is 9.59 Å². The van der Waals surface area contributed by atoms with Gasteiger partial charge < -0.3 is 10.1 Å². The van der Waals surface area contributed by atoms with Crippen LogP contribution in [0.15, 0.2) is 67.5 Å². The van der Waals surface area contributed by atoms with E-state index in [1.54, 1.807) is 43.0 Å². The Morgan fingerprint density at radius 3 is 2.29 bits per heavy atom. The van der Waals surface area contributed by atoms with Gasteiger partial charge in [-0.1, -0.05) is 11.6 Å². The molecule has 10 nitrogen and oxygen atoms in total. The van der Waals surface area contributed by atoms with Crippen LogP contribution in [-0.2, 0) is 0 Å². The van der Waals surface area contributed by atoms with Crippen molar-refractivity contribution in [3.63, 3.8) is 0 Å². The summed E-state index contributed by atoms with van der Waals surface area (Å²) in [6.07, 6.45) is 9.21. The minimum atomic E-state index is -0.677. The minimum Gasteiger partial charge on any atom is -0.421 e.